The fourth-order valence-electron chi connectivity index (χ4n) is 1.98. The Morgan fingerprint density at radius 3 is 2.06 bits per heavy atom. The molecule has 2 unspecified atom stereocenters. The van der Waals surface area contributed by atoms with Crippen molar-refractivity contribution in [3.63, 3.8) is 0 Å². The van der Waals surface area contributed by atoms with Crippen LogP contribution in [0.4, 0.5) is 0 Å². The number of benzene rings is 1. The highest BCUT2D eigenvalue weighted by atomic mass is 14.7. The van der Waals surface area contributed by atoms with Gasteiger partial charge in [0.2, 0.25) is 0 Å². The Kier molecular flexibility index (Phi) is 4.72. The van der Waals surface area contributed by atoms with Crippen molar-refractivity contribution < 1.29 is 0 Å². The third-order valence-corrected chi connectivity index (χ3v) is 3.40. The normalized spacial score (nSPS) is 15.6. The topological polar surface area (TPSA) is 52.0 Å². The molecule has 0 fully saturated rings. The summed E-state index contributed by atoms with van der Waals surface area (Å²) >= 11 is 0. The standard InChI is InChI=1S/C15H26N2/c1-11(9-10-16)14(17)12-5-7-13(8-6-12)15(2,3)4/h5-8,11,14H,9-10,16-17H2,1-4H3. The molecule has 0 aliphatic carbocycles. The predicted octanol–water partition coefficient (Wildman–Crippen LogP) is 2.97. The molecule has 0 amide bonds. The Bertz CT molecular complexity index is 335. The van der Waals surface area contributed by atoms with Gasteiger partial charge in [-0.2, -0.15) is 0 Å². The van der Waals surface area contributed by atoms with Gasteiger partial charge in [-0.05, 0) is 35.4 Å². The van der Waals surface area contributed by atoms with Gasteiger partial charge in [-0.15, -0.1) is 0 Å². The van der Waals surface area contributed by atoms with Crippen LogP contribution in [0, 0.1) is 5.92 Å². The second kappa shape index (κ2) is 5.65. The highest BCUT2D eigenvalue weighted by Crippen LogP contribution is 2.26. The van der Waals surface area contributed by atoms with Gasteiger partial charge in [-0.1, -0.05) is 52.0 Å². The third kappa shape index (κ3) is 3.83. The van der Waals surface area contributed by atoms with Crippen LogP contribution in [0.3, 0.4) is 0 Å². The third-order valence-electron chi connectivity index (χ3n) is 3.40. The maximum absolute atomic E-state index is 6.23. The van der Waals surface area contributed by atoms with Crippen molar-refractivity contribution in [2.24, 2.45) is 17.4 Å². The Hall–Kier alpha value is -0.860. The van der Waals surface area contributed by atoms with E-state index >= 15 is 0 Å². The van der Waals surface area contributed by atoms with Crippen LogP contribution in [-0.2, 0) is 5.41 Å². The van der Waals surface area contributed by atoms with Crippen LogP contribution in [0.15, 0.2) is 24.3 Å². The van der Waals surface area contributed by atoms with Crippen molar-refractivity contribution in [3.05, 3.63) is 35.4 Å². The lowest BCUT2D eigenvalue weighted by Crippen LogP contribution is -2.21. The van der Waals surface area contributed by atoms with E-state index in [4.69, 9.17) is 11.5 Å². The molecule has 0 saturated carbocycles. The van der Waals surface area contributed by atoms with Crippen LogP contribution in [0.25, 0.3) is 0 Å². The molecule has 1 rings (SSSR count). The first-order chi connectivity index (χ1) is 7.86. The first kappa shape index (κ1) is 14.2. The predicted molar refractivity (Wildman–Crippen MR) is 74.9 cm³/mol. The molecule has 0 heterocycles. The highest BCUT2D eigenvalue weighted by Gasteiger charge is 2.16. The number of nitrogens with two attached hydrogens (primary N) is 2. The van der Waals surface area contributed by atoms with E-state index in [0.717, 1.165) is 6.42 Å². The van der Waals surface area contributed by atoms with Crippen molar-refractivity contribution in [1.29, 1.82) is 0 Å². The van der Waals surface area contributed by atoms with Gasteiger partial charge < -0.3 is 11.5 Å². The van der Waals surface area contributed by atoms with E-state index in [-0.39, 0.29) is 11.5 Å². The molecule has 2 nitrogen and oxygen atoms in total. The SMILES string of the molecule is CC(CCN)C(N)c1ccc(C(C)(C)C)cc1. The van der Waals surface area contributed by atoms with Gasteiger partial charge in [0.25, 0.3) is 0 Å². The minimum atomic E-state index is 0.0903. The largest absolute Gasteiger partial charge is 0.330 e. The molecule has 0 aromatic heterocycles. The summed E-state index contributed by atoms with van der Waals surface area (Å²) in [5.74, 6) is 0.431. The monoisotopic (exact) mass is 234 g/mol. The first-order valence-corrected chi connectivity index (χ1v) is 6.42. The lowest BCUT2D eigenvalue weighted by atomic mass is 9.85. The van der Waals surface area contributed by atoms with Gasteiger partial charge in [-0.25, -0.2) is 0 Å². The molecule has 4 N–H and O–H groups in total. The Balaban J connectivity index is 2.80. The molecule has 0 aliphatic heterocycles. The molecule has 96 valence electrons. The quantitative estimate of drug-likeness (QED) is 0.841. The Labute approximate surface area is 105 Å². The van der Waals surface area contributed by atoms with Crippen molar-refractivity contribution in [1.82, 2.24) is 0 Å². The fraction of sp³-hybridized carbons (Fsp3) is 0.600. The molecular weight excluding hydrogens is 208 g/mol. The van der Waals surface area contributed by atoms with Crippen molar-refractivity contribution in [2.45, 2.75) is 45.6 Å². The molecule has 1 aromatic rings. The van der Waals surface area contributed by atoms with E-state index in [1.54, 1.807) is 0 Å². The molecule has 2 heteroatoms. The molecule has 17 heavy (non-hydrogen) atoms. The zero-order valence-electron chi connectivity index (χ0n) is 11.5. The molecule has 2 atom stereocenters. The minimum absolute atomic E-state index is 0.0903. The summed E-state index contributed by atoms with van der Waals surface area (Å²) in [5, 5.41) is 0. The van der Waals surface area contributed by atoms with Gasteiger partial charge in [-0.3, -0.25) is 0 Å². The first-order valence-electron chi connectivity index (χ1n) is 6.42. The van der Waals surface area contributed by atoms with Gasteiger partial charge in [0.15, 0.2) is 0 Å². The second-order valence-corrected chi connectivity index (χ2v) is 5.95. The summed E-state index contributed by atoms with van der Waals surface area (Å²) in [7, 11) is 0. The summed E-state index contributed by atoms with van der Waals surface area (Å²) in [5.41, 5.74) is 14.6. The fourth-order valence-corrected chi connectivity index (χ4v) is 1.98. The number of hydrogen-bond acceptors (Lipinski definition) is 2. The van der Waals surface area contributed by atoms with E-state index in [1.165, 1.54) is 11.1 Å². The molecular formula is C15H26N2. The van der Waals surface area contributed by atoms with Crippen LogP contribution in [0.1, 0.15) is 51.3 Å². The minimum Gasteiger partial charge on any atom is -0.330 e. The zero-order valence-corrected chi connectivity index (χ0v) is 11.5. The lowest BCUT2D eigenvalue weighted by molar-refractivity contribution is 0.444. The highest BCUT2D eigenvalue weighted by molar-refractivity contribution is 5.29. The van der Waals surface area contributed by atoms with E-state index in [2.05, 4.69) is 52.0 Å². The van der Waals surface area contributed by atoms with Gasteiger partial charge in [0.1, 0.15) is 0 Å². The molecule has 0 bridgehead atoms. The Morgan fingerprint density at radius 1 is 1.12 bits per heavy atom. The van der Waals surface area contributed by atoms with Crippen molar-refractivity contribution in [2.75, 3.05) is 6.54 Å². The van der Waals surface area contributed by atoms with Crippen LogP contribution in [0.2, 0.25) is 0 Å². The van der Waals surface area contributed by atoms with Crippen LogP contribution in [0.5, 0.6) is 0 Å². The van der Waals surface area contributed by atoms with E-state index < -0.39 is 0 Å². The maximum atomic E-state index is 6.23. The average molecular weight is 234 g/mol. The number of hydrogen-bond donors (Lipinski definition) is 2. The number of rotatable bonds is 4. The molecule has 1 aromatic carbocycles. The molecule has 0 saturated heterocycles. The second-order valence-electron chi connectivity index (χ2n) is 5.95. The summed E-state index contributed by atoms with van der Waals surface area (Å²) in [6, 6.07) is 8.76. The molecule has 0 aliphatic rings. The summed E-state index contributed by atoms with van der Waals surface area (Å²) in [6.45, 7) is 9.53. The van der Waals surface area contributed by atoms with Gasteiger partial charge >= 0.3 is 0 Å². The van der Waals surface area contributed by atoms with Gasteiger partial charge in [0.05, 0.1) is 0 Å². The van der Waals surface area contributed by atoms with Crippen LogP contribution in [-0.4, -0.2) is 6.54 Å². The Morgan fingerprint density at radius 2 is 1.65 bits per heavy atom. The average Bonchev–Trinajstić information content (AvgIpc) is 2.27. The van der Waals surface area contributed by atoms with Crippen LogP contribution >= 0.6 is 0 Å². The molecule has 0 radical (unpaired) electrons. The summed E-state index contributed by atoms with van der Waals surface area (Å²) in [6.07, 6.45) is 0.974. The van der Waals surface area contributed by atoms with E-state index in [9.17, 15) is 0 Å². The van der Waals surface area contributed by atoms with E-state index in [0.29, 0.717) is 12.5 Å². The molecule has 0 spiro atoms. The van der Waals surface area contributed by atoms with Crippen molar-refractivity contribution in [3.8, 4) is 0 Å². The zero-order chi connectivity index (χ0) is 13.1. The van der Waals surface area contributed by atoms with Crippen molar-refractivity contribution >= 4 is 0 Å². The smallest absolute Gasteiger partial charge is 0.0321 e. The maximum Gasteiger partial charge on any atom is 0.0321 e. The van der Waals surface area contributed by atoms with E-state index in [1.807, 2.05) is 0 Å². The summed E-state index contributed by atoms with van der Waals surface area (Å²) in [4.78, 5) is 0. The van der Waals surface area contributed by atoms with Crippen LogP contribution < -0.4 is 11.5 Å². The lowest BCUT2D eigenvalue weighted by Gasteiger charge is -2.22. The summed E-state index contributed by atoms with van der Waals surface area (Å²) < 4.78 is 0. The van der Waals surface area contributed by atoms with Gasteiger partial charge in [0, 0.05) is 6.04 Å².